The fourth-order valence-corrected chi connectivity index (χ4v) is 3.59. The molecule has 1 aliphatic carbocycles. The first-order valence-corrected chi connectivity index (χ1v) is 7.32. The highest BCUT2D eigenvalue weighted by molar-refractivity contribution is 7.09. The minimum Gasteiger partial charge on any atom is -0.320 e. The van der Waals surface area contributed by atoms with Gasteiger partial charge < -0.3 is 5.73 Å². The molecule has 0 bridgehead atoms. The van der Waals surface area contributed by atoms with E-state index >= 15 is 0 Å². The molecule has 0 radical (unpaired) electrons. The molecule has 1 aliphatic rings. The van der Waals surface area contributed by atoms with Crippen molar-refractivity contribution in [2.45, 2.75) is 63.8 Å². The number of aromatic nitrogens is 1. The fourth-order valence-electron chi connectivity index (χ4n) is 2.49. The van der Waals surface area contributed by atoms with Gasteiger partial charge in [-0.1, -0.05) is 26.7 Å². The molecule has 2 rings (SSSR count). The maximum absolute atomic E-state index is 6.37. The lowest BCUT2D eigenvalue weighted by molar-refractivity contribution is 0.401. The van der Waals surface area contributed by atoms with Gasteiger partial charge in [0, 0.05) is 11.3 Å². The van der Waals surface area contributed by atoms with Gasteiger partial charge in [-0.25, -0.2) is 4.98 Å². The lowest BCUT2D eigenvalue weighted by Gasteiger charge is -2.24. The lowest BCUT2D eigenvalue weighted by atomic mass is 9.91. The molecule has 0 spiro atoms. The van der Waals surface area contributed by atoms with Crippen molar-refractivity contribution in [1.82, 2.24) is 4.98 Å². The molecule has 2 nitrogen and oxygen atoms in total. The summed E-state index contributed by atoms with van der Waals surface area (Å²) in [6.45, 7) is 4.30. The highest BCUT2D eigenvalue weighted by Crippen LogP contribution is 2.37. The van der Waals surface area contributed by atoms with Gasteiger partial charge in [-0.05, 0) is 25.7 Å². The number of nitrogens with zero attached hydrogens (tertiary/aromatic N) is 1. The summed E-state index contributed by atoms with van der Waals surface area (Å²) in [7, 11) is 0. The number of nitrogens with two attached hydrogens (primary N) is 1. The molecule has 1 heterocycles. The molecule has 0 unspecified atom stereocenters. The van der Waals surface area contributed by atoms with E-state index in [4.69, 9.17) is 10.7 Å². The molecular formula is C13H22N2S. The monoisotopic (exact) mass is 238 g/mol. The van der Waals surface area contributed by atoms with E-state index in [-0.39, 0.29) is 5.54 Å². The minimum atomic E-state index is -0.201. The van der Waals surface area contributed by atoms with Gasteiger partial charge in [-0.2, -0.15) is 0 Å². The number of hydrogen-bond donors (Lipinski definition) is 1. The molecule has 1 aromatic rings. The average Bonchev–Trinajstić information content (AvgIpc) is 2.97. The Hall–Kier alpha value is -0.410. The highest BCUT2D eigenvalue weighted by Gasteiger charge is 2.28. The lowest BCUT2D eigenvalue weighted by Crippen LogP contribution is -2.35. The zero-order valence-corrected chi connectivity index (χ0v) is 11.1. The number of hydrogen-bond acceptors (Lipinski definition) is 3. The van der Waals surface area contributed by atoms with Crippen molar-refractivity contribution in [3.63, 3.8) is 0 Å². The Kier molecular flexibility index (Phi) is 3.65. The molecule has 0 amide bonds. The predicted octanol–water partition coefficient (Wildman–Crippen LogP) is 3.77. The molecule has 0 aliphatic heterocycles. The summed E-state index contributed by atoms with van der Waals surface area (Å²) in [6, 6.07) is 0. The molecule has 1 aromatic heterocycles. The van der Waals surface area contributed by atoms with Crippen LogP contribution in [0.4, 0.5) is 0 Å². The Morgan fingerprint density at radius 3 is 2.56 bits per heavy atom. The fraction of sp³-hybridized carbons (Fsp3) is 0.769. The van der Waals surface area contributed by atoms with Crippen molar-refractivity contribution in [2.24, 2.45) is 5.73 Å². The highest BCUT2D eigenvalue weighted by atomic mass is 32.1. The number of thiazole rings is 1. The first kappa shape index (κ1) is 12.1. The summed E-state index contributed by atoms with van der Waals surface area (Å²) in [5.74, 6) is 0.719. The van der Waals surface area contributed by atoms with Crippen LogP contribution in [0.15, 0.2) is 5.38 Å². The molecule has 0 saturated heterocycles. The van der Waals surface area contributed by atoms with Crippen LogP contribution in [0.2, 0.25) is 0 Å². The smallest absolute Gasteiger partial charge is 0.0960 e. The van der Waals surface area contributed by atoms with Crippen LogP contribution in [-0.4, -0.2) is 4.98 Å². The normalized spacial score (nSPS) is 18.2. The maximum atomic E-state index is 6.37. The first-order valence-electron chi connectivity index (χ1n) is 6.44. The van der Waals surface area contributed by atoms with E-state index < -0.39 is 0 Å². The van der Waals surface area contributed by atoms with E-state index in [1.807, 2.05) is 11.3 Å². The Morgan fingerprint density at radius 2 is 2.00 bits per heavy atom. The Morgan fingerprint density at radius 1 is 1.38 bits per heavy atom. The Bertz CT molecular complexity index is 335. The molecule has 1 saturated carbocycles. The van der Waals surface area contributed by atoms with Crippen molar-refractivity contribution in [3.8, 4) is 0 Å². The van der Waals surface area contributed by atoms with E-state index in [1.54, 1.807) is 0 Å². The van der Waals surface area contributed by atoms with Crippen LogP contribution in [0, 0.1) is 0 Å². The summed E-state index contributed by atoms with van der Waals surface area (Å²) >= 11 is 1.81. The second-order valence-corrected chi connectivity index (χ2v) is 5.81. The third-order valence-electron chi connectivity index (χ3n) is 4.00. The van der Waals surface area contributed by atoms with Crippen molar-refractivity contribution in [3.05, 3.63) is 16.1 Å². The van der Waals surface area contributed by atoms with E-state index in [2.05, 4.69) is 19.2 Å². The second kappa shape index (κ2) is 4.84. The predicted molar refractivity (Wildman–Crippen MR) is 69.8 cm³/mol. The van der Waals surface area contributed by atoms with Gasteiger partial charge in [0.1, 0.15) is 0 Å². The van der Waals surface area contributed by atoms with Gasteiger partial charge in [0.15, 0.2) is 0 Å². The van der Waals surface area contributed by atoms with Crippen LogP contribution in [0.3, 0.4) is 0 Å². The zero-order valence-electron chi connectivity index (χ0n) is 10.3. The summed E-state index contributed by atoms with van der Waals surface area (Å²) in [4.78, 5) is 4.80. The molecule has 90 valence electrons. The standard InChI is InChI=1S/C13H22N2S/c1-3-13(14,4-2)11-9-16-12(15-11)10-7-5-6-8-10/h9-10H,3-8,14H2,1-2H3. The second-order valence-electron chi connectivity index (χ2n) is 4.92. The van der Waals surface area contributed by atoms with Crippen molar-refractivity contribution in [1.29, 1.82) is 0 Å². The Labute approximate surface area is 102 Å². The molecule has 3 heteroatoms. The molecule has 16 heavy (non-hydrogen) atoms. The molecule has 2 N–H and O–H groups in total. The molecule has 0 aromatic carbocycles. The van der Waals surface area contributed by atoms with Crippen LogP contribution >= 0.6 is 11.3 Å². The summed E-state index contributed by atoms with van der Waals surface area (Å²) in [6.07, 6.45) is 7.32. The third kappa shape index (κ3) is 2.16. The van der Waals surface area contributed by atoms with Gasteiger partial charge in [0.2, 0.25) is 0 Å². The van der Waals surface area contributed by atoms with Crippen molar-refractivity contribution >= 4 is 11.3 Å². The number of rotatable bonds is 4. The Balaban J connectivity index is 2.17. The van der Waals surface area contributed by atoms with Crippen LogP contribution in [0.25, 0.3) is 0 Å². The average molecular weight is 238 g/mol. The minimum absolute atomic E-state index is 0.201. The largest absolute Gasteiger partial charge is 0.320 e. The van der Waals surface area contributed by atoms with E-state index in [0.717, 1.165) is 24.5 Å². The van der Waals surface area contributed by atoms with E-state index in [1.165, 1.54) is 30.7 Å². The van der Waals surface area contributed by atoms with Crippen LogP contribution in [0.1, 0.15) is 69.0 Å². The molecular weight excluding hydrogens is 216 g/mol. The zero-order chi connectivity index (χ0) is 11.6. The third-order valence-corrected chi connectivity index (χ3v) is 5.01. The van der Waals surface area contributed by atoms with E-state index in [0.29, 0.717) is 0 Å². The van der Waals surface area contributed by atoms with Gasteiger partial charge >= 0.3 is 0 Å². The van der Waals surface area contributed by atoms with Gasteiger partial charge in [-0.15, -0.1) is 11.3 Å². The van der Waals surface area contributed by atoms with Gasteiger partial charge in [0.05, 0.1) is 16.2 Å². The summed E-state index contributed by atoms with van der Waals surface area (Å²) < 4.78 is 0. The van der Waals surface area contributed by atoms with E-state index in [9.17, 15) is 0 Å². The molecule has 1 fully saturated rings. The SMILES string of the molecule is CCC(N)(CC)c1csc(C2CCCC2)n1. The van der Waals surface area contributed by atoms with Crippen LogP contribution in [-0.2, 0) is 5.54 Å². The van der Waals surface area contributed by atoms with Crippen LogP contribution < -0.4 is 5.73 Å². The van der Waals surface area contributed by atoms with Gasteiger partial charge in [0.25, 0.3) is 0 Å². The van der Waals surface area contributed by atoms with Crippen molar-refractivity contribution < 1.29 is 0 Å². The van der Waals surface area contributed by atoms with Crippen LogP contribution in [0.5, 0.6) is 0 Å². The van der Waals surface area contributed by atoms with Gasteiger partial charge in [-0.3, -0.25) is 0 Å². The quantitative estimate of drug-likeness (QED) is 0.867. The maximum Gasteiger partial charge on any atom is 0.0960 e. The molecule has 0 atom stereocenters. The first-order chi connectivity index (χ1) is 7.69. The van der Waals surface area contributed by atoms with Crippen molar-refractivity contribution in [2.75, 3.05) is 0 Å². The topological polar surface area (TPSA) is 38.9 Å². The summed E-state index contributed by atoms with van der Waals surface area (Å²) in [5.41, 5.74) is 7.29. The summed E-state index contributed by atoms with van der Waals surface area (Å²) in [5, 5.41) is 3.50.